The van der Waals surface area contributed by atoms with Gasteiger partial charge in [0.05, 0.1) is 11.8 Å². The van der Waals surface area contributed by atoms with E-state index in [4.69, 9.17) is 4.74 Å². The monoisotopic (exact) mass is 394 g/mol. The highest BCUT2D eigenvalue weighted by molar-refractivity contribution is 5.99. The first-order valence-electron chi connectivity index (χ1n) is 10.1. The average molecular weight is 394 g/mol. The van der Waals surface area contributed by atoms with Crippen molar-refractivity contribution in [3.63, 3.8) is 0 Å². The highest BCUT2D eigenvalue weighted by Gasteiger charge is 2.22. The highest BCUT2D eigenvalue weighted by Crippen LogP contribution is 2.30. The molecule has 0 saturated heterocycles. The number of benzene rings is 1. The van der Waals surface area contributed by atoms with Gasteiger partial charge in [0.1, 0.15) is 5.82 Å². The van der Waals surface area contributed by atoms with Gasteiger partial charge in [-0.25, -0.2) is 9.48 Å². The van der Waals surface area contributed by atoms with Crippen molar-refractivity contribution in [2.75, 3.05) is 5.32 Å². The molecule has 2 aromatic heterocycles. The Labute approximate surface area is 169 Å². The molecule has 0 aliphatic heterocycles. The number of aryl methyl sites for hydroxylation is 2. The third-order valence-electron chi connectivity index (χ3n) is 5.40. The number of carbonyl (C=O) groups is 2. The smallest absolute Gasteiger partial charge is 0.338 e. The lowest BCUT2D eigenvalue weighted by atomic mass is 9.95. The molecule has 1 atom stereocenters. The van der Waals surface area contributed by atoms with Crippen LogP contribution in [0.15, 0.2) is 30.5 Å². The number of amides is 1. The van der Waals surface area contributed by atoms with Crippen molar-refractivity contribution >= 4 is 28.6 Å². The van der Waals surface area contributed by atoms with Gasteiger partial charge >= 0.3 is 5.97 Å². The van der Waals surface area contributed by atoms with Crippen molar-refractivity contribution in [2.45, 2.75) is 58.6 Å². The summed E-state index contributed by atoms with van der Waals surface area (Å²) in [6.45, 7) is 5.52. The normalized spacial score (nSPS) is 14.6. The molecule has 29 heavy (non-hydrogen) atoms. The van der Waals surface area contributed by atoms with E-state index in [-0.39, 0.29) is 11.9 Å². The fourth-order valence-corrected chi connectivity index (χ4v) is 3.87. The number of ether oxygens (including phenoxy) is 1. The second-order valence-electron chi connectivity index (χ2n) is 7.84. The number of aromatic amines is 1. The molecule has 7 heteroatoms. The minimum Gasteiger partial charge on any atom is -0.449 e. The second kappa shape index (κ2) is 7.73. The SMILES string of the molecule is CC(OC(=O)c1ccc2[nH]c3c(c2c1)CCCC3)C(=O)Nc1ccnn1C(C)C. The van der Waals surface area contributed by atoms with Gasteiger partial charge in [-0.3, -0.25) is 4.79 Å². The van der Waals surface area contributed by atoms with Crippen LogP contribution in [0.5, 0.6) is 0 Å². The lowest BCUT2D eigenvalue weighted by molar-refractivity contribution is -0.123. The molecule has 3 aromatic rings. The Hall–Kier alpha value is -3.09. The van der Waals surface area contributed by atoms with Crippen LogP contribution in [0.4, 0.5) is 5.82 Å². The van der Waals surface area contributed by atoms with Crippen LogP contribution in [0.1, 0.15) is 61.3 Å². The van der Waals surface area contributed by atoms with Gasteiger partial charge in [0.15, 0.2) is 6.10 Å². The standard InChI is InChI=1S/C22H26N4O3/c1-13(2)26-20(10-11-23-26)25-21(27)14(3)29-22(28)15-8-9-19-17(12-15)16-6-4-5-7-18(16)24-19/h8-14,24H,4-7H2,1-3H3,(H,25,27). The van der Waals surface area contributed by atoms with Gasteiger partial charge in [0, 0.05) is 28.7 Å². The maximum Gasteiger partial charge on any atom is 0.338 e. The number of nitrogens with one attached hydrogen (secondary N) is 2. The van der Waals surface area contributed by atoms with E-state index in [1.54, 1.807) is 29.9 Å². The molecule has 7 nitrogen and oxygen atoms in total. The van der Waals surface area contributed by atoms with Crippen LogP contribution >= 0.6 is 0 Å². The van der Waals surface area contributed by atoms with Crippen LogP contribution in [0.25, 0.3) is 10.9 Å². The molecular weight excluding hydrogens is 368 g/mol. The van der Waals surface area contributed by atoms with Crippen molar-refractivity contribution in [3.8, 4) is 0 Å². The number of fused-ring (bicyclic) bond motifs is 3. The molecule has 0 fully saturated rings. The summed E-state index contributed by atoms with van der Waals surface area (Å²) in [7, 11) is 0. The number of hydrogen-bond donors (Lipinski definition) is 2. The average Bonchev–Trinajstić information content (AvgIpc) is 3.31. The summed E-state index contributed by atoms with van der Waals surface area (Å²) in [5, 5.41) is 8.04. The van der Waals surface area contributed by atoms with Crippen molar-refractivity contribution < 1.29 is 14.3 Å². The molecule has 1 aliphatic carbocycles. The Morgan fingerprint density at radius 2 is 1.97 bits per heavy atom. The minimum absolute atomic E-state index is 0.108. The first-order valence-corrected chi connectivity index (χ1v) is 10.1. The van der Waals surface area contributed by atoms with E-state index in [0.29, 0.717) is 11.4 Å². The van der Waals surface area contributed by atoms with E-state index in [1.807, 2.05) is 26.0 Å². The summed E-state index contributed by atoms with van der Waals surface area (Å²) in [6.07, 6.45) is 5.13. The Morgan fingerprint density at radius 3 is 2.76 bits per heavy atom. The third-order valence-corrected chi connectivity index (χ3v) is 5.40. The van der Waals surface area contributed by atoms with Crippen LogP contribution in [0, 0.1) is 0 Å². The zero-order valence-electron chi connectivity index (χ0n) is 17.0. The Kier molecular flexibility index (Phi) is 5.13. The molecule has 4 rings (SSSR count). The molecule has 1 unspecified atom stereocenters. The van der Waals surface area contributed by atoms with E-state index in [1.165, 1.54) is 24.1 Å². The summed E-state index contributed by atoms with van der Waals surface area (Å²) >= 11 is 0. The first-order chi connectivity index (χ1) is 13.9. The maximum atomic E-state index is 12.6. The van der Waals surface area contributed by atoms with Crippen molar-refractivity contribution in [1.29, 1.82) is 0 Å². The highest BCUT2D eigenvalue weighted by atomic mass is 16.5. The quantitative estimate of drug-likeness (QED) is 0.640. The summed E-state index contributed by atoms with van der Waals surface area (Å²) in [4.78, 5) is 28.6. The zero-order chi connectivity index (χ0) is 20.5. The van der Waals surface area contributed by atoms with E-state index >= 15 is 0 Å². The van der Waals surface area contributed by atoms with Gasteiger partial charge in [-0.2, -0.15) is 5.10 Å². The lowest BCUT2D eigenvalue weighted by Gasteiger charge is -2.16. The lowest BCUT2D eigenvalue weighted by Crippen LogP contribution is -2.31. The molecule has 2 heterocycles. The van der Waals surface area contributed by atoms with Crippen molar-refractivity contribution in [3.05, 3.63) is 47.3 Å². The van der Waals surface area contributed by atoms with Gasteiger partial charge in [-0.1, -0.05) is 0 Å². The number of hydrogen-bond acceptors (Lipinski definition) is 4. The topological polar surface area (TPSA) is 89.0 Å². The first kappa shape index (κ1) is 19.2. The van der Waals surface area contributed by atoms with Gasteiger partial charge < -0.3 is 15.0 Å². The molecule has 0 spiro atoms. The fraction of sp³-hybridized carbons (Fsp3) is 0.409. The zero-order valence-corrected chi connectivity index (χ0v) is 17.0. The molecule has 0 saturated carbocycles. The number of anilines is 1. The number of aromatic nitrogens is 3. The van der Waals surface area contributed by atoms with E-state index < -0.39 is 12.1 Å². The number of H-pyrrole nitrogens is 1. The number of carbonyl (C=O) groups excluding carboxylic acids is 2. The van der Waals surface area contributed by atoms with Crippen LogP contribution in [0.2, 0.25) is 0 Å². The molecule has 0 bridgehead atoms. The summed E-state index contributed by atoms with van der Waals surface area (Å²) in [5.41, 5.74) is 4.07. The Morgan fingerprint density at radius 1 is 1.17 bits per heavy atom. The fourth-order valence-electron chi connectivity index (χ4n) is 3.87. The van der Waals surface area contributed by atoms with Crippen molar-refractivity contribution in [2.24, 2.45) is 0 Å². The van der Waals surface area contributed by atoms with Gasteiger partial charge in [0.25, 0.3) is 5.91 Å². The van der Waals surface area contributed by atoms with Crippen LogP contribution in [-0.2, 0) is 22.4 Å². The van der Waals surface area contributed by atoms with Gasteiger partial charge in [0.2, 0.25) is 0 Å². The molecule has 2 N–H and O–H groups in total. The Bertz CT molecular complexity index is 1060. The largest absolute Gasteiger partial charge is 0.449 e. The van der Waals surface area contributed by atoms with Gasteiger partial charge in [-0.15, -0.1) is 0 Å². The molecule has 1 amide bonds. The summed E-state index contributed by atoms with van der Waals surface area (Å²) in [5.74, 6) is -0.313. The van der Waals surface area contributed by atoms with Crippen molar-refractivity contribution in [1.82, 2.24) is 14.8 Å². The van der Waals surface area contributed by atoms with E-state index in [9.17, 15) is 9.59 Å². The molecular formula is C22H26N4O3. The second-order valence-corrected chi connectivity index (χ2v) is 7.84. The number of esters is 1. The van der Waals surface area contributed by atoms with Crippen LogP contribution in [-0.4, -0.2) is 32.7 Å². The maximum absolute atomic E-state index is 12.6. The van der Waals surface area contributed by atoms with Gasteiger partial charge in [-0.05, 0) is 70.2 Å². The predicted octanol–water partition coefficient (Wildman–Crippen LogP) is 4.01. The third kappa shape index (κ3) is 3.77. The summed E-state index contributed by atoms with van der Waals surface area (Å²) < 4.78 is 7.13. The molecule has 0 radical (unpaired) electrons. The molecule has 1 aliphatic rings. The van der Waals surface area contributed by atoms with E-state index in [2.05, 4.69) is 15.4 Å². The molecule has 1 aromatic carbocycles. The van der Waals surface area contributed by atoms with Crippen LogP contribution < -0.4 is 5.32 Å². The molecule has 152 valence electrons. The van der Waals surface area contributed by atoms with Crippen LogP contribution in [0.3, 0.4) is 0 Å². The Balaban J connectivity index is 1.47. The number of nitrogens with zero attached hydrogens (tertiary/aromatic N) is 2. The summed E-state index contributed by atoms with van der Waals surface area (Å²) in [6, 6.07) is 7.35. The number of rotatable bonds is 5. The van der Waals surface area contributed by atoms with E-state index in [0.717, 1.165) is 23.7 Å². The minimum atomic E-state index is -0.922. The predicted molar refractivity (Wildman–Crippen MR) is 111 cm³/mol.